The molecule has 3 aromatic carbocycles. The molecule has 7 rings (SSSR count). The second kappa shape index (κ2) is 11.5. The van der Waals surface area contributed by atoms with Gasteiger partial charge >= 0.3 is 0 Å². The third kappa shape index (κ3) is 5.38. The molecule has 0 spiro atoms. The van der Waals surface area contributed by atoms with Gasteiger partial charge in [0.15, 0.2) is 4.96 Å². The molecule has 1 fully saturated rings. The van der Waals surface area contributed by atoms with E-state index in [-0.39, 0.29) is 17.8 Å². The fourth-order valence-electron chi connectivity index (χ4n) is 5.22. The molecule has 2 N–H and O–H groups in total. The lowest BCUT2D eigenvalue weighted by Gasteiger charge is -2.17. The second-order valence-corrected chi connectivity index (χ2v) is 11.4. The summed E-state index contributed by atoms with van der Waals surface area (Å²) in [6, 6.07) is 20.4. The minimum absolute atomic E-state index is 0.0275. The zero-order chi connectivity index (χ0) is 30.2. The van der Waals surface area contributed by atoms with Crippen LogP contribution in [0, 0.1) is 5.82 Å². The van der Waals surface area contributed by atoms with Crippen molar-refractivity contribution in [2.75, 3.05) is 22.1 Å². The van der Waals surface area contributed by atoms with E-state index < -0.39 is 5.82 Å². The predicted octanol–water partition coefficient (Wildman–Crippen LogP) is 7.44. The highest BCUT2D eigenvalue weighted by atomic mass is 35.5. The van der Waals surface area contributed by atoms with Crippen molar-refractivity contribution < 1.29 is 14.0 Å². The molecule has 0 bridgehead atoms. The van der Waals surface area contributed by atoms with E-state index in [0.717, 1.165) is 22.6 Å². The number of amides is 2. The van der Waals surface area contributed by atoms with Gasteiger partial charge < -0.3 is 15.5 Å². The van der Waals surface area contributed by atoms with E-state index in [9.17, 15) is 14.0 Å². The van der Waals surface area contributed by atoms with Crippen LogP contribution in [0.4, 0.5) is 27.4 Å². The standard InChI is InChI=1S/C32H23ClFN7O2S/c33-25-8-2-1-7-24(25)30(43)36-21-6-3-5-19(15-21)28-29(41-13-14-44-32(41)39-28)26-10-11-35-31(38-26)37-22-16-20(34)17-23(18-22)40-12-4-9-27(40)42/h1-3,5-8,10-11,13-18H,4,9,12H2,(H,36,43)(H,35,37,38). The number of aromatic nitrogens is 4. The van der Waals surface area contributed by atoms with Crippen molar-refractivity contribution in [1.82, 2.24) is 19.4 Å². The highest BCUT2D eigenvalue weighted by Gasteiger charge is 2.23. The largest absolute Gasteiger partial charge is 0.324 e. The summed E-state index contributed by atoms with van der Waals surface area (Å²) in [4.78, 5) is 41.5. The molecule has 218 valence electrons. The van der Waals surface area contributed by atoms with Gasteiger partial charge in [-0.3, -0.25) is 14.0 Å². The molecule has 0 aliphatic carbocycles. The van der Waals surface area contributed by atoms with Crippen LogP contribution >= 0.6 is 22.9 Å². The molecular weight excluding hydrogens is 601 g/mol. The Morgan fingerprint density at radius 1 is 1.00 bits per heavy atom. The average molecular weight is 624 g/mol. The number of nitrogens with one attached hydrogen (secondary N) is 2. The lowest BCUT2D eigenvalue weighted by molar-refractivity contribution is -0.117. The number of fused-ring (bicyclic) bond motifs is 1. The molecule has 4 heterocycles. The molecule has 0 radical (unpaired) electrons. The number of carbonyl (C=O) groups excluding carboxylic acids is 2. The highest BCUT2D eigenvalue weighted by molar-refractivity contribution is 7.15. The fourth-order valence-corrected chi connectivity index (χ4v) is 6.16. The maximum absolute atomic E-state index is 14.6. The SMILES string of the molecule is O=C(Nc1cccc(-c2nc3sccn3c2-c2ccnc(Nc3cc(F)cc(N4CCCC4=O)c3)n2)c1)c1ccccc1Cl. The van der Waals surface area contributed by atoms with Gasteiger partial charge in [-0.05, 0) is 55.0 Å². The summed E-state index contributed by atoms with van der Waals surface area (Å²) in [6.07, 6.45) is 4.72. The summed E-state index contributed by atoms with van der Waals surface area (Å²) in [7, 11) is 0. The maximum Gasteiger partial charge on any atom is 0.257 e. The van der Waals surface area contributed by atoms with Gasteiger partial charge in [-0.15, -0.1) is 11.3 Å². The van der Waals surface area contributed by atoms with Crippen LogP contribution in [0.15, 0.2) is 90.6 Å². The summed E-state index contributed by atoms with van der Waals surface area (Å²) in [6.45, 7) is 0.555. The predicted molar refractivity (Wildman–Crippen MR) is 170 cm³/mol. The van der Waals surface area contributed by atoms with Crippen LogP contribution < -0.4 is 15.5 Å². The van der Waals surface area contributed by atoms with Crippen LogP contribution in [0.3, 0.4) is 0 Å². The Hall–Kier alpha value is -5.13. The molecule has 0 saturated carbocycles. The number of rotatable bonds is 7. The third-order valence-corrected chi connectivity index (χ3v) is 8.28. The second-order valence-electron chi connectivity index (χ2n) is 10.1. The molecule has 2 amide bonds. The molecule has 1 aliphatic heterocycles. The van der Waals surface area contributed by atoms with Gasteiger partial charge in [0, 0.05) is 53.4 Å². The number of hydrogen-bond donors (Lipinski definition) is 2. The topological polar surface area (TPSA) is 105 Å². The van der Waals surface area contributed by atoms with Crippen molar-refractivity contribution in [1.29, 1.82) is 0 Å². The number of thiazole rings is 1. The first-order valence-electron chi connectivity index (χ1n) is 13.8. The van der Waals surface area contributed by atoms with Crippen molar-refractivity contribution in [3.8, 4) is 22.6 Å². The summed E-state index contributed by atoms with van der Waals surface area (Å²) in [5, 5.41) is 8.31. The van der Waals surface area contributed by atoms with E-state index in [0.29, 0.717) is 52.0 Å². The van der Waals surface area contributed by atoms with Crippen molar-refractivity contribution in [3.05, 3.63) is 107 Å². The molecular formula is C32H23ClFN7O2S. The fraction of sp³-hybridized carbons (Fsp3) is 0.0938. The maximum atomic E-state index is 14.6. The van der Waals surface area contributed by atoms with Crippen LogP contribution in [0.5, 0.6) is 0 Å². The molecule has 0 unspecified atom stereocenters. The van der Waals surface area contributed by atoms with E-state index >= 15 is 0 Å². The van der Waals surface area contributed by atoms with Crippen LogP contribution in [0.2, 0.25) is 5.02 Å². The molecule has 6 aromatic rings. The Morgan fingerprint density at radius 2 is 1.89 bits per heavy atom. The van der Waals surface area contributed by atoms with Gasteiger partial charge in [-0.1, -0.05) is 35.9 Å². The van der Waals surface area contributed by atoms with E-state index in [1.807, 2.05) is 34.2 Å². The molecule has 1 aliphatic rings. The molecule has 3 aromatic heterocycles. The quantitative estimate of drug-likeness (QED) is 0.192. The first kappa shape index (κ1) is 27.7. The molecule has 44 heavy (non-hydrogen) atoms. The van der Waals surface area contributed by atoms with Crippen molar-refractivity contribution in [2.24, 2.45) is 0 Å². The zero-order valence-corrected chi connectivity index (χ0v) is 24.6. The van der Waals surface area contributed by atoms with Gasteiger partial charge in [-0.2, -0.15) is 0 Å². The highest BCUT2D eigenvalue weighted by Crippen LogP contribution is 2.35. The monoisotopic (exact) mass is 623 g/mol. The number of carbonyl (C=O) groups is 2. The van der Waals surface area contributed by atoms with Crippen LogP contribution in [-0.4, -0.2) is 37.7 Å². The van der Waals surface area contributed by atoms with Crippen LogP contribution in [-0.2, 0) is 4.79 Å². The first-order valence-corrected chi connectivity index (χ1v) is 15.0. The first-order chi connectivity index (χ1) is 21.4. The van der Waals surface area contributed by atoms with Gasteiger partial charge in [0.1, 0.15) is 11.5 Å². The average Bonchev–Trinajstić information content (AvgIpc) is 3.74. The molecule has 9 nitrogen and oxygen atoms in total. The van der Waals surface area contributed by atoms with E-state index in [1.165, 1.54) is 23.5 Å². The summed E-state index contributed by atoms with van der Waals surface area (Å²) >= 11 is 7.71. The van der Waals surface area contributed by atoms with Gasteiger partial charge in [0.2, 0.25) is 11.9 Å². The molecule has 0 atom stereocenters. The number of benzene rings is 3. The van der Waals surface area contributed by atoms with E-state index in [1.54, 1.807) is 53.6 Å². The Morgan fingerprint density at radius 3 is 2.73 bits per heavy atom. The lowest BCUT2D eigenvalue weighted by atomic mass is 10.1. The smallest absolute Gasteiger partial charge is 0.257 e. The summed E-state index contributed by atoms with van der Waals surface area (Å²) in [5.41, 5.74) is 4.61. The van der Waals surface area contributed by atoms with Crippen molar-refractivity contribution in [3.63, 3.8) is 0 Å². The third-order valence-electron chi connectivity index (χ3n) is 7.20. The van der Waals surface area contributed by atoms with Gasteiger partial charge in [0.25, 0.3) is 5.91 Å². The minimum atomic E-state index is -0.472. The Labute approximate surface area is 260 Å². The number of halogens is 2. The summed E-state index contributed by atoms with van der Waals surface area (Å²) < 4.78 is 16.5. The number of hydrogen-bond acceptors (Lipinski definition) is 7. The van der Waals surface area contributed by atoms with Gasteiger partial charge in [0.05, 0.1) is 22.0 Å². The Balaban J connectivity index is 1.22. The number of anilines is 4. The van der Waals surface area contributed by atoms with Crippen molar-refractivity contribution in [2.45, 2.75) is 12.8 Å². The lowest BCUT2D eigenvalue weighted by Crippen LogP contribution is -2.23. The Kier molecular flexibility index (Phi) is 7.24. The molecule has 1 saturated heterocycles. The van der Waals surface area contributed by atoms with Crippen LogP contribution in [0.25, 0.3) is 27.6 Å². The molecule has 12 heteroatoms. The van der Waals surface area contributed by atoms with Crippen molar-refractivity contribution >= 4 is 62.7 Å². The number of imidazole rings is 1. The summed E-state index contributed by atoms with van der Waals surface area (Å²) in [5.74, 6) is -0.565. The number of nitrogens with zero attached hydrogens (tertiary/aromatic N) is 5. The zero-order valence-electron chi connectivity index (χ0n) is 23.0. The van der Waals surface area contributed by atoms with Gasteiger partial charge in [-0.25, -0.2) is 19.3 Å². The Bertz CT molecular complexity index is 2060. The van der Waals surface area contributed by atoms with Crippen LogP contribution in [0.1, 0.15) is 23.2 Å². The van der Waals surface area contributed by atoms with E-state index in [2.05, 4.69) is 15.6 Å². The van der Waals surface area contributed by atoms with E-state index in [4.69, 9.17) is 21.6 Å². The normalized spacial score (nSPS) is 13.0. The minimum Gasteiger partial charge on any atom is -0.324 e.